The number of quaternary nitrogens is 1. The molecule has 0 heterocycles. The van der Waals surface area contributed by atoms with Crippen molar-refractivity contribution in [1.82, 2.24) is 5.32 Å². The van der Waals surface area contributed by atoms with Crippen molar-refractivity contribution in [1.29, 1.82) is 0 Å². The van der Waals surface area contributed by atoms with Gasteiger partial charge < -0.3 is 19.8 Å². The van der Waals surface area contributed by atoms with Crippen LogP contribution >= 0.6 is 7.82 Å². The van der Waals surface area contributed by atoms with Crippen molar-refractivity contribution in [3.63, 3.8) is 0 Å². The van der Waals surface area contributed by atoms with Crippen molar-refractivity contribution in [2.75, 3.05) is 40.9 Å². The number of carbonyl (C=O) groups is 1. The minimum atomic E-state index is -4.37. The summed E-state index contributed by atoms with van der Waals surface area (Å²) >= 11 is 0. The third-order valence-electron chi connectivity index (χ3n) is 16.3. The number of phosphoric acid groups is 1. The smallest absolute Gasteiger partial charge is 0.387 e. The minimum Gasteiger partial charge on any atom is -0.387 e. The maximum atomic E-state index is 13.1. The SMILES string of the molecule is CC/C=C\C/C=C\C/C=C\C/C=C\C/C=C\CCCCCCCCCCCCCCCCCCCC(=O)NC(COP(=O)(O)OCC[N+](C)(C)C)C(O)/C=C/CC/C=C/CC/C=C/CCCCCCCCCCCCCCCCCCCCCCC. The number of hydrogen-bond donors (Lipinski definition) is 3. The molecule has 0 radical (unpaired) electrons. The molecule has 0 bridgehead atoms. The maximum Gasteiger partial charge on any atom is 0.472 e. The van der Waals surface area contributed by atoms with Crippen LogP contribution in [0.2, 0.25) is 0 Å². The van der Waals surface area contributed by atoms with E-state index in [4.69, 9.17) is 9.05 Å². The summed E-state index contributed by atoms with van der Waals surface area (Å²) in [7, 11) is 1.55. The third kappa shape index (κ3) is 68.9. The highest BCUT2D eigenvalue weighted by molar-refractivity contribution is 7.47. The zero-order valence-corrected chi connectivity index (χ0v) is 58.2. The Morgan fingerprint density at radius 1 is 0.407 bits per heavy atom. The molecule has 8 nitrogen and oxygen atoms in total. The molecule has 0 aliphatic heterocycles. The van der Waals surface area contributed by atoms with E-state index in [2.05, 4.69) is 104 Å². The molecule has 86 heavy (non-hydrogen) atoms. The number of rotatable bonds is 67. The molecule has 3 N–H and O–H groups in total. The molecule has 3 atom stereocenters. The number of hydrogen-bond acceptors (Lipinski definition) is 5. The second-order valence-electron chi connectivity index (χ2n) is 25.9. The molecular formula is C77H142N2O6P+. The molecule has 500 valence electrons. The van der Waals surface area contributed by atoms with Crippen LogP contribution in [0.4, 0.5) is 0 Å². The molecule has 0 aromatic carbocycles. The standard InChI is InChI=1S/C77H141N2O6P/c1-6-8-10-12-14-16-18-20-22-24-26-28-30-32-34-36-38-39-41-43-45-47-49-51-53-55-57-59-61-63-65-67-69-71-77(81)78-75(74-85-86(82,83)84-73-72-79(3,4)5)76(80)70-68-66-64-62-60-58-56-54-52-50-48-46-44-42-40-37-35-33-31-29-27-25-23-21-19-17-15-13-11-9-7-2/h8,10,14,16,20,22,26,28,32,34,52,54,60,62,68,70,75-76,80H,6-7,9,11-13,15,17-19,21,23-25,27,29-31,33,35-51,53,55-59,61,63-67,69,71-74H2,1-5H3,(H-,78,81,82,83)/p+1/b10-8-,16-14-,22-20-,28-26-,34-32-,54-52+,62-60+,70-68+. The van der Waals surface area contributed by atoms with Gasteiger partial charge in [0, 0.05) is 6.42 Å². The highest BCUT2D eigenvalue weighted by Gasteiger charge is 2.28. The Labute approximate surface area is 534 Å². The number of allylic oxidation sites excluding steroid dienone is 15. The maximum absolute atomic E-state index is 13.1. The molecule has 0 rings (SSSR count). The van der Waals surface area contributed by atoms with Crippen molar-refractivity contribution in [2.24, 2.45) is 0 Å². The third-order valence-corrected chi connectivity index (χ3v) is 17.2. The molecule has 3 unspecified atom stereocenters. The molecule has 1 amide bonds. The van der Waals surface area contributed by atoms with Gasteiger partial charge in [-0.2, -0.15) is 0 Å². The monoisotopic (exact) mass is 1220 g/mol. The summed E-state index contributed by atoms with van der Waals surface area (Å²) in [6.45, 7) is 4.71. The van der Waals surface area contributed by atoms with Gasteiger partial charge in [0.05, 0.1) is 39.9 Å². The van der Waals surface area contributed by atoms with Crippen LogP contribution in [0.25, 0.3) is 0 Å². The van der Waals surface area contributed by atoms with Crippen LogP contribution in [-0.4, -0.2) is 73.4 Å². The molecule has 0 aliphatic carbocycles. The summed E-state index contributed by atoms with van der Waals surface area (Å²) in [5, 5.41) is 14.0. The summed E-state index contributed by atoms with van der Waals surface area (Å²) in [4.78, 5) is 23.4. The fourth-order valence-corrected chi connectivity index (χ4v) is 11.4. The first-order chi connectivity index (χ1) is 42.0. The van der Waals surface area contributed by atoms with Crippen molar-refractivity contribution in [3.05, 3.63) is 97.2 Å². The summed E-state index contributed by atoms with van der Waals surface area (Å²) in [5.41, 5.74) is 0. The molecular weight excluding hydrogens is 1080 g/mol. The molecule has 0 spiro atoms. The Bertz CT molecular complexity index is 1730. The first-order valence-corrected chi connectivity index (χ1v) is 38.1. The van der Waals surface area contributed by atoms with Gasteiger partial charge in [0.15, 0.2) is 0 Å². The van der Waals surface area contributed by atoms with E-state index in [1.807, 2.05) is 27.2 Å². The highest BCUT2D eigenvalue weighted by Crippen LogP contribution is 2.43. The van der Waals surface area contributed by atoms with E-state index in [0.717, 1.165) is 77.0 Å². The van der Waals surface area contributed by atoms with Crippen LogP contribution in [0, 0.1) is 0 Å². The van der Waals surface area contributed by atoms with E-state index < -0.39 is 20.0 Å². The fraction of sp³-hybridized carbons (Fsp3) is 0.779. The lowest BCUT2D eigenvalue weighted by Gasteiger charge is -2.25. The number of likely N-dealkylation sites (N-methyl/N-ethyl adjacent to an activating group) is 1. The van der Waals surface area contributed by atoms with Crippen LogP contribution in [-0.2, 0) is 18.4 Å². The Hall–Kier alpha value is -2.58. The van der Waals surface area contributed by atoms with Gasteiger partial charge in [0.1, 0.15) is 13.2 Å². The van der Waals surface area contributed by atoms with E-state index in [9.17, 15) is 19.4 Å². The van der Waals surface area contributed by atoms with Gasteiger partial charge >= 0.3 is 7.82 Å². The molecule has 0 aromatic heterocycles. The van der Waals surface area contributed by atoms with E-state index in [0.29, 0.717) is 17.4 Å². The number of unbranched alkanes of at least 4 members (excludes halogenated alkanes) is 40. The van der Waals surface area contributed by atoms with E-state index in [-0.39, 0.29) is 19.1 Å². The van der Waals surface area contributed by atoms with Crippen LogP contribution in [0.3, 0.4) is 0 Å². The van der Waals surface area contributed by atoms with Gasteiger partial charge in [-0.1, -0.05) is 336 Å². The van der Waals surface area contributed by atoms with Gasteiger partial charge in [0.25, 0.3) is 0 Å². The molecule has 0 saturated carbocycles. The Morgan fingerprint density at radius 3 is 1.07 bits per heavy atom. The van der Waals surface area contributed by atoms with E-state index >= 15 is 0 Å². The van der Waals surface area contributed by atoms with Crippen molar-refractivity contribution < 1.29 is 32.9 Å². The summed E-state index contributed by atoms with van der Waals surface area (Å²) in [6.07, 6.45) is 97.2. The second-order valence-corrected chi connectivity index (χ2v) is 27.4. The van der Waals surface area contributed by atoms with Crippen molar-refractivity contribution >= 4 is 13.7 Å². The molecule has 0 aliphatic rings. The van der Waals surface area contributed by atoms with E-state index in [1.165, 1.54) is 238 Å². The summed E-state index contributed by atoms with van der Waals surface area (Å²) in [6, 6.07) is -0.876. The lowest BCUT2D eigenvalue weighted by Crippen LogP contribution is -2.45. The zero-order chi connectivity index (χ0) is 62.6. The largest absolute Gasteiger partial charge is 0.472 e. The lowest BCUT2D eigenvalue weighted by molar-refractivity contribution is -0.870. The molecule has 0 fully saturated rings. The molecule has 0 saturated heterocycles. The van der Waals surface area contributed by atoms with Gasteiger partial charge in [0.2, 0.25) is 5.91 Å². The Morgan fingerprint density at radius 2 is 0.709 bits per heavy atom. The number of nitrogens with one attached hydrogen (secondary N) is 1. The topological polar surface area (TPSA) is 105 Å². The predicted octanol–water partition coefficient (Wildman–Crippen LogP) is 23.7. The van der Waals surface area contributed by atoms with Gasteiger partial charge in [-0.3, -0.25) is 13.8 Å². The number of amides is 1. The summed E-state index contributed by atoms with van der Waals surface area (Å²) < 4.78 is 23.8. The zero-order valence-electron chi connectivity index (χ0n) is 57.3. The Kier molecular flexibility index (Phi) is 64.8. The highest BCUT2D eigenvalue weighted by atomic mass is 31.2. The second kappa shape index (κ2) is 66.8. The molecule has 0 aromatic rings. The van der Waals surface area contributed by atoms with Gasteiger partial charge in [-0.25, -0.2) is 4.57 Å². The van der Waals surface area contributed by atoms with Crippen molar-refractivity contribution in [2.45, 2.75) is 347 Å². The Balaban J connectivity index is 4.10. The quantitative estimate of drug-likeness (QED) is 0.0243. The van der Waals surface area contributed by atoms with Crippen LogP contribution in [0.5, 0.6) is 0 Å². The first-order valence-electron chi connectivity index (χ1n) is 36.6. The number of carbonyl (C=O) groups excluding carboxylic acids is 1. The number of nitrogens with zero attached hydrogens (tertiary/aromatic N) is 1. The van der Waals surface area contributed by atoms with Gasteiger partial charge in [-0.15, -0.1) is 0 Å². The average molecular weight is 1220 g/mol. The fourth-order valence-electron chi connectivity index (χ4n) is 10.6. The first kappa shape index (κ1) is 83.4. The normalized spacial score (nSPS) is 14.2. The molecule has 9 heteroatoms. The summed E-state index contributed by atoms with van der Waals surface area (Å²) in [5.74, 6) is -0.189. The van der Waals surface area contributed by atoms with Crippen LogP contribution < -0.4 is 5.32 Å². The minimum absolute atomic E-state index is 0.0511. The number of aliphatic hydroxyl groups is 1. The van der Waals surface area contributed by atoms with Crippen LogP contribution in [0.1, 0.15) is 335 Å². The van der Waals surface area contributed by atoms with E-state index in [1.54, 1.807) is 6.08 Å². The van der Waals surface area contributed by atoms with Crippen molar-refractivity contribution in [3.8, 4) is 0 Å². The number of aliphatic hydroxyl groups excluding tert-OH is 1. The van der Waals surface area contributed by atoms with Gasteiger partial charge in [-0.05, 0) is 89.9 Å². The predicted molar refractivity (Wildman–Crippen MR) is 378 cm³/mol. The average Bonchev–Trinajstić information content (AvgIpc) is 3.70. The van der Waals surface area contributed by atoms with Crippen LogP contribution in [0.15, 0.2) is 97.2 Å². The lowest BCUT2D eigenvalue weighted by atomic mass is 10.0. The number of phosphoric ester groups is 1.